The maximum atomic E-state index is 12.9. The molecule has 0 saturated heterocycles. The third kappa shape index (κ3) is 5.50. The molecule has 38 heavy (non-hydrogen) atoms. The number of amides is 1. The molecule has 5 rings (SSSR count). The topological polar surface area (TPSA) is 64.9 Å². The highest BCUT2D eigenvalue weighted by atomic mass is 35.5. The van der Waals surface area contributed by atoms with E-state index in [2.05, 4.69) is 28.0 Å². The molecule has 192 valence electrons. The van der Waals surface area contributed by atoms with Crippen LogP contribution in [-0.2, 0) is 11.2 Å². The lowest BCUT2D eigenvalue weighted by molar-refractivity contribution is -0.116. The van der Waals surface area contributed by atoms with Crippen LogP contribution in [0.15, 0.2) is 91.1 Å². The lowest BCUT2D eigenvalue weighted by atomic mass is 10.1. The van der Waals surface area contributed by atoms with Crippen LogP contribution in [0.5, 0.6) is 11.5 Å². The van der Waals surface area contributed by atoms with Crippen LogP contribution in [0.4, 0.5) is 5.69 Å². The summed E-state index contributed by atoms with van der Waals surface area (Å²) in [6, 6.07) is 27.4. The number of rotatable bonds is 9. The molecule has 0 saturated carbocycles. The van der Waals surface area contributed by atoms with Crippen LogP contribution in [0, 0.1) is 0 Å². The standard InChI is InChI=1S/C31H28ClN3O3/c1-3-38-25-11-7-10-22(18-25)23-12-16-29-34-31(21-8-5-4-6-9-21)27(35(29)20-23)14-17-30(36)33-24-13-15-28(37-2)26(32)19-24/h4-13,15-16,18-20H,3,14,17H2,1-2H3,(H,33,36). The van der Waals surface area contributed by atoms with Crippen molar-refractivity contribution in [2.75, 3.05) is 19.0 Å². The normalized spacial score (nSPS) is 10.9. The first-order chi connectivity index (χ1) is 18.6. The van der Waals surface area contributed by atoms with Crippen molar-refractivity contribution in [1.82, 2.24) is 9.38 Å². The molecule has 7 heteroatoms. The molecule has 0 fully saturated rings. The van der Waals surface area contributed by atoms with Gasteiger partial charge in [-0.1, -0.05) is 54.1 Å². The van der Waals surface area contributed by atoms with Crippen molar-refractivity contribution in [3.05, 3.63) is 102 Å². The summed E-state index contributed by atoms with van der Waals surface area (Å²) in [5.74, 6) is 1.28. The quantitative estimate of drug-likeness (QED) is 0.219. The Hall–Kier alpha value is -4.29. The number of aryl methyl sites for hydroxylation is 1. The van der Waals surface area contributed by atoms with Crippen LogP contribution in [0.2, 0.25) is 5.02 Å². The fourth-order valence-electron chi connectivity index (χ4n) is 4.46. The minimum Gasteiger partial charge on any atom is -0.495 e. The highest BCUT2D eigenvalue weighted by molar-refractivity contribution is 6.32. The smallest absolute Gasteiger partial charge is 0.224 e. The number of hydrogen-bond acceptors (Lipinski definition) is 4. The third-order valence-corrected chi connectivity index (χ3v) is 6.56. The van der Waals surface area contributed by atoms with Crippen molar-refractivity contribution in [2.24, 2.45) is 0 Å². The van der Waals surface area contributed by atoms with Crippen LogP contribution < -0.4 is 14.8 Å². The zero-order valence-corrected chi connectivity index (χ0v) is 22.0. The summed E-state index contributed by atoms with van der Waals surface area (Å²) in [6.45, 7) is 2.58. The largest absolute Gasteiger partial charge is 0.495 e. The van der Waals surface area contributed by atoms with Gasteiger partial charge in [0, 0.05) is 23.9 Å². The molecule has 2 heterocycles. The molecule has 0 aliphatic rings. The number of benzene rings is 3. The first kappa shape index (κ1) is 25.4. The van der Waals surface area contributed by atoms with E-state index in [1.807, 2.05) is 61.5 Å². The van der Waals surface area contributed by atoms with E-state index in [-0.39, 0.29) is 12.3 Å². The van der Waals surface area contributed by atoms with Crippen molar-refractivity contribution in [3.8, 4) is 33.9 Å². The van der Waals surface area contributed by atoms with Gasteiger partial charge in [-0.25, -0.2) is 4.98 Å². The summed E-state index contributed by atoms with van der Waals surface area (Å²) in [6.07, 6.45) is 2.86. The molecule has 0 spiro atoms. The van der Waals surface area contributed by atoms with Crippen LogP contribution in [0.1, 0.15) is 19.0 Å². The number of aromatic nitrogens is 2. The van der Waals surface area contributed by atoms with E-state index in [1.54, 1.807) is 25.3 Å². The summed E-state index contributed by atoms with van der Waals surface area (Å²) >= 11 is 6.22. The summed E-state index contributed by atoms with van der Waals surface area (Å²) in [5, 5.41) is 3.38. The number of halogens is 1. The second-order valence-corrected chi connectivity index (χ2v) is 9.18. The fraction of sp³-hybridized carbons (Fsp3) is 0.161. The minimum atomic E-state index is -0.110. The van der Waals surface area contributed by atoms with E-state index in [9.17, 15) is 4.79 Å². The van der Waals surface area contributed by atoms with Gasteiger partial charge < -0.3 is 19.2 Å². The predicted octanol–water partition coefficient (Wildman–Crippen LogP) is 7.30. The molecule has 0 bridgehead atoms. The van der Waals surface area contributed by atoms with Gasteiger partial charge in [0.2, 0.25) is 5.91 Å². The Bertz CT molecular complexity index is 1580. The Morgan fingerprint density at radius 3 is 2.53 bits per heavy atom. The van der Waals surface area contributed by atoms with Gasteiger partial charge in [-0.2, -0.15) is 0 Å². The maximum Gasteiger partial charge on any atom is 0.224 e. The van der Waals surface area contributed by atoms with Gasteiger partial charge in [-0.05, 0) is 66.9 Å². The summed E-state index contributed by atoms with van der Waals surface area (Å²) in [5.41, 5.74) is 6.38. The SMILES string of the molecule is CCOc1cccc(-c2ccc3nc(-c4ccccc4)c(CCC(=O)Nc4ccc(OC)c(Cl)c4)n3c2)c1. The van der Waals surface area contributed by atoms with Crippen molar-refractivity contribution >= 4 is 28.8 Å². The average molecular weight is 526 g/mol. The van der Waals surface area contributed by atoms with Crippen LogP contribution >= 0.6 is 11.6 Å². The summed E-state index contributed by atoms with van der Waals surface area (Å²) in [4.78, 5) is 17.8. The molecule has 0 unspecified atom stereocenters. The Balaban J connectivity index is 1.46. The Morgan fingerprint density at radius 1 is 0.947 bits per heavy atom. The number of fused-ring (bicyclic) bond motifs is 1. The molecule has 0 aliphatic heterocycles. The maximum absolute atomic E-state index is 12.9. The zero-order chi connectivity index (χ0) is 26.5. The Morgan fingerprint density at radius 2 is 1.76 bits per heavy atom. The van der Waals surface area contributed by atoms with Crippen molar-refractivity contribution in [1.29, 1.82) is 0 Å². The number of carbonyl (C=O) groups excluding carboxylic acids is 1. The highest BCUT2D eigenvalue weighted by Crippen LogP contribution is 2.30. The van der Waals surface area contributed by atoms with Gasteiger partial charge in [-0.15, -0.1) is 0 Å². The summed E-state index contributed by atoms with van der Waals surface area (Å²) in [7, 11) is 1.56. The molecular formula is C31H28ClN3O3. The molecule has 2 aromatic heterocycles. The lowest BCUT2D eigenvalue weighted by Gasteiger charge is -2.10. The van der Waals surface area contributed by atoms with E-state index in [0.717, 1.165) is 39.5 Å². The van der Waals surface area contributed by atoms with Gasteiger partial charge in [-0.3, -0.25) is 4.79 Å². The zero-order valence-electron chi connectivity index (χ0n) is 21.3. The Labute approximate surface area is 226 Å². The van der Waals surface area contributed by atoms with E-state index < -0.39 is 0 Å². The number of imidazole rings is 1. The fourth-order valence-corrected chi connectivity index (χ4v) is 4.72. The molecule has 0 aliphatic carbocycles. The highest BCUT2D eigenvalue weighted by Gasteiger charge is 2.17. The van der Waals surface area contributed by atoms with E-state index in [0.29, 0.717) is 29.5 Å². The second kappa shape index (κ2) is 11.4. The summed E-state index contributed by atoms with van der Waals surface area (Å²) < 4.78 is 13.0. The van der Waals surface area contributed by atoms with Gasteiger partial charge in [0.05, 0.1) is 30.1 Å². The van der Waals surface area contributed by atoms with Crippen LogP contribution in [-0.4, -0.2) is 29.0 Å². The molecule has 1 N–H and O–H groups in total. The number of ether oxygens (including phenoxy) is 2. The number of hydrogen-bond donors (Lipinski definition) is 1. The number of anilines is 1. The molecule has 6 nitrogen and oxygen atoms in total. The minimum absolute atomic E-state index is 0.110. The Kier molecular flexibility index (Phi) is 7.61. The molecule has 5 aromatic rings. The monoisotopic (exact) mass is 525 g/mol. The number of pyridine rings is 1. The third-order valence-electron chi connectivity index (χ3n) is 6.27. The first-order valence-corrected chi connectivity index (χ1v) is 12.9. The molecule has 0 atom stereocenters. The van der Waals surface area contributed by atoms with Crippen LogP contribution in [0.25, 0.3) is 28.0 Å². The average Bonchev–Trinajstić information content (AvgIpc) is 3.31. The molecular weight excluding hydrogens is 498 g/mol. The van der Waals surface area contributed by atoms with Gasteiger partial charge in [0.1, 0.15) is 17.1 Å². The molecule has 3 aromatic carbocycles. The predicted molar refractivity (Wildman–Crippen MR) is 152 cm³/mol. The number of nitrogens with one attached hydrogen (secondary N) is 1. The van der Waals surface area contributed by atoms with Crippen molar-refractivity contribution < 1.29 is 14.3 Å². The van der Waals surface area contributed by atoms with Gasteiger partial charge in [0.15, 0.2) is 0 Å². The van der Waals surface area contributed by atoms with Gasteiger partial charge in [0.25, 0.3) is 0 Å². The molecule has 1 amide bonds. The number of carbonyl (C=O) groups is 1. The van der Waals surface area contributed by atoms with E-state index in [4.69, 9.17) is 26.1 Å². The number of nitrogens with zero attached hydrogens (tertiary/aromatic N) is 2. The second-order valence-electron chi connectivity index (χ2n) is 8.78. The lowest BCUT2D eigenvalue weighted by Crippen LogP contribution is -2.13. The van der Waals surface area contributed by atoms with E-state index in [1.165, 1.54) is 0 Å². The van der Waals surface area contributed by atoms with E-state index >= 15 is 0 Å². The van der Waals surface area contributed by atoms with Gasteiger partial charge >= 0.3 is 0 Å². The van der Waals surface area contributed by atoms with Crippen molar-refractivity contribution in [2.45, 2.75) is 19.8 Å². The van der Waals surface area contributed by atoms with Crippen molar-refractivity contribution in [3.63, 3.8) is 0 Å². The number of methoxy groups -OCH3 is 1. The first-order valence-electron chi connectivity index (χ1n) is 12.5. The van der Waals surface area contributed by atoms with Crippen LogP contribution in [0.3, 0.4) is 0 Å². The molecule has 0 radical (unpaired) electrons.